The molecule has 0 unspecified atom stereocenters. The number of carbonyl (C=O) groups excluding carboxylic acids is 1. The van der Waals surface area contributed by atoms with Crippen molar-refractivity contribution in [1.29, 1.82) is 0 Å². The van der Waals surface area contributed by atoms with Crippen molar-refractivity contribution in [2.45, 2.75) is 11.5 Å². The molecule has 0 saturated heterocycles. The molecule has 0 N–H and O–H groups in total. The van der Waals surface area contributed by atoms with Gasteiger partial charge in [-0.1, -0.05) is 0 Å². The normalized spacial score (nSPS) is 10.2. The summed E-state index contributed by atoms with van der Waals surface area (Å²) >= 11 is 1.24. The zero-order chi connectivity index (χ0) is 18.4. The van der Waals surface area contributed by atoms with Crippen LogP contribution in [0, 0.1) is 10.1 Å². The fourth-order valence-corrected chi connectivity index (χ4v) is 2.73. The van der Waals surface area contributed by atoms with Crippen molar-refractivity contribution in [2.24, 2.45) is 0 Å². The van der Waals surface area contributed by atoms with Crippen molar-refractivity contribution < 1.29 is 23.9 Å². The van der Waals surface area contributed by atoms with Gasteiger partial charge in [0.15, 0.2) is 0 Å². The van der Waals surface area contributed by atoms with Crippen LogP contribution in [0.4, 0.5) is 5.69 Å². The van der Waals surface area contributed by atoms with Crippen molar-refractivity contribution >= 4 is 23.4 Å². The first-order valence-corrected chi connectivity index (χ1v) is 8.43. The van der Waals surface area contributed by atoms with E-state index in [0.717, 1.165) is 0 Å². The van der Waals surface area contributed by atoms with Crippen molar-refractivity contribution in [3.63, 3.8) is 0 Å². The molecule has 0 bridgehead atoms. The van der Waals surface area contributed by atoms with Gasteiger partial charge in [-0.3, -0.25) is 10.1 Å². The fourth-order valence-electron chi connectivity index (χ4n) is 2.18. The van der Waals surface area contributed by atoms with E-state index in [1.54, 1.807) is 24.5 Å². The lowest BCUT2D eigenvalue weighted by molar-refractivity contribution is -0.387. The third-order valence-corrected chi connectivity index (χ3v) is 4.24. The Kier molecular flexibility index (Phi) is 6.24. The van der Waals surface area contributed by atoms with Crippen LogP contribution in [0.15, 0.2) is 41.3 Å². The van der Waals surface area contributed by atoms with E-state index in [9.17, 15) is 14.9 Å². The highest BCUT2D eigenvalue weighted by molar-refractivity contribution is 7.98. The molecule has 2 rings (SSSR count). The lowest BCUT2D eigenvalue weighted by atomic mass is 10.2. The minimum Gasteiger partial charge on any atom is -0.497 e. The van der Waals surface area contributed by atoms with Crippen LogP contribution in [0.1, 0.15) is 15.9 Å². The van der Waals surface area contributed by atoms with E-state index in [-0.39, 0.29) is 17.9 Å². The molecule has 0 saturated carbocycles. The third-order valence-electron chi connectivity index (χ3n) is 3.46. The number of nitro benzene ring substituents is 1. The molecule has 2 aromatic carbocycles. The lowest BCUT2D eigenvalue weighted by Crippen LogP contribution is -2.07. The van der Waals surface area contributed by atoms with E-state index in [0.29, 0.717) is 22.0 Å². The molecule has 0 atom stereocenters. The molecule has 0 aromatic heterocycles. The minimum absolute atomic E-state index is 0.0444. The number of hydrogen-bond acceptors (Lipinski definition) is 7. The first-order valence-electron chi connectivity index (χ1n) is 7.20. The van der Waals surface area contributed by atoms with Crippen LogP contribution in [-0.4, -0.2) is 31.4 Å². The van der Waals surface area contributed by atoms with Crippen LogP contribution in [0.5, 0.6) is 11.5 Å². The number of carbonyl (C=O) groups is 1. The number of methoxy groups -OCH3 is 2. The number of hydrogen-bond donors (Lipinski definition) is 0. The summed E-state index contributed by atoms with van der Waals surface area (Å²) in [7, 11) is 3.04. The van der Waals surface area contributed by atoms with Crippen molar-refractivity contribution in [3.05, 3.63) is 57.6 Å². The van der Waals surface area contributed by atoms with Gasteiger partial charge in [0.05, 0.1) is 29.6 Å². The number of nitro groups is 1. The first-order chi connectivity index (χ1) is 12.0. The third kappa shape index (κ3) is 4.42. The topological polar surface area (TPSA) is 87.9 Å². The molecular weight excluding hydrogens is 346 g/mol. The Hall–Kier alpha value is -2.74. The van der Waals surface area contributed by atoms with Gasteiger partial charge in [-0.2, -0.15) is 0 Å². The van der Waals surface area contributed by atoms with Crippen LogP contribution in [0.2, 0.25) is 0 Å². The van der Waals surface area contributed by atoms with Gasteiger partial charge in [0.1, 0.15) is 18.1 Å². The summed E-state index contributed by atoms with van der Waals surface area (Å²) in [6, 6.07) is 9.40. The van der Waals surface area contributed by atoms with Crippen LogP contribution in [-0.2, 0) is 11.3 Å². The van der Waals surface area contributed by atoms with E-state index in [1.807, 2.05) is 0 Å². The minimum atomic E-state index is -0.652. The predicted octanol–water partition coefficient (Wildman–Crippen LogP) is 3.69. The number of ether oxygens (including phenoxy) is 3. The van der Waals surface area contributed by atoms with Crippen LogP contribution in [0.3, 0.4) is 0 Å². The Labute approximate surface area is 149 Å². The largest absolute Gasteiger partial charge is 0.497 e. The molecule has 0 aliphatic carbocycles. The second-order valence-electron chi connectivity index (χ2n) is 4.90. The average Bonchev–Trinajstić information content (AvgIpc) is 2.65. The second-order valence-corrected chi connectivity index (χ2v) is 5.75. The highest BCUT2D eigenvalue weighted by atomic mass is 32.2. The summed E-state index contributed by atoms with van der Waals surface area (Å²) in [5, 5.41) is 11.1. The van der Waals surface area contributed by atoms with Gasteiger partial charge < -0.3 is 14.2 Å². The van der Waals surface area contributed by atoms with Gasteiger partial charge >= 0.3 is 5.97 Å². The molecule has 0 amide bonds. The molecule has 132 valence electrons. The highest BCUT2D eigenvalue weighted by Crippen LogP contribution is 2.29. The van der Waals surface area contributed by atoms with Gasteiger partial charge in [0.25, 0.3) is 5.69 Å². The van der Waals surface area contributed by atoms with Gasteiger partial charge in [-0.15, -0.1) is 11.8 Å². The second kappa shape index (κ2) is 8.39. The molecule has 0 heterocycles. The number of thioether (sulfide) groups is 1. The van der Waals surface area contributed by atoms with Gasteiger partial charge in [0.2, 0.25) is 0 Å². The molecule has 2 aromatic rings. The van der Waals surface area contributed by atoms with E-state index < -0.39 is 10.9 Å². The molecule has 25 heavy (non-hydrogen) atoms. The van der Waals surface area contributed by atoms with Crippen molar-refractivity contribution in [3.8, 4) is 11.5 Å². The maximum atomic E-state index is 12.2. The van der Waals surface area contributed by atoms with Crippen LogP contribution >= 0.6 is 11.8 Å². The maximum absolute atomic E-state index is 12.2. The van der Waals surface area contributed by atoms with Gasteiger partial charge in [-0.25, -0.2) is 4.79 Å². The summed E-state index contributed by atoms with van der Waals surface area (Å²) in [6.45, 7) is -0.0444. The van der Waals surface area contributed by atoms with Crippen molar-refractivity contribution in [1.82, 2.24) is 0 Å². The SMILES string of the molecule is COc1ccc(OC)c(COC(=O)c2ccc(SC)c([N+](=O)[O-])c2)c1. The number of nitrogens with zero attached hydrogens (tertiary/aromatic N) is 1. The number of benzene rings is 2. The number of rotatable bonds is 7. The van der Waals surface area contributed by atoms with Crippen molar-refractivity contribution in [2.75, 3.05) is 20.5 Å². The Morgan fingerprint density at radius 3 is 2.52 bits per heavy atom. The Morgan fingerprint density at radius 1 is 1.16 bits per heavy atom. The predicted molar refractivity (Wildman–Crippen MR) is 93.5 cm³/mol. The molecule has 0 aliphatic heterocycles. The van der Waals surface area contributed by atoms with E-state index in [1.165, 1.54) is 44.2 Å². The van der Waals surface area contributed by atoms with Crippen LogP contribution in [0.25, 0.3) is 0 Å². The Morgan fingerprint density at radius 2 is 1.92 bits per heavy atom. The molecule has 0 radical (unpaired) electrons. The Balaban J connectivity index is 2.18. The summed E-state index contributed by atoms with van der Waals surface area (Å²) in [6.07, 6.45) is 1.73. The molecule has 0 fully saturated rings. The summed E-state index contributed by atoms with van der Waals surface area (Å²) in [4.78, 5) is 23.3. The van der Waals surface area contributed by atoms with Gasteiger partial charge in [0, 0.05) is 11.6 Å². The monoisotopic (exact) mass is 363 g/mol. The summed E-state index contributed by atoms with van der Waals surface area (Å²) < 4.78 is 15.6. The molecule has 7 nitrogen and oxygen atoms in total. The van der Waals surface area contributed by atoms with E-state index in [2.05, 4.69) is 0 Å². The van der Waals surface area contributed by atoms with Crippen LogP contribution < -0.4 is 9.47 Å². The maximum Gasteiger partial charge on any atom is 0.338 e. The molecule has 8 heteroatoms. The lowest BCUT2D eigenvalue weighted by Gasteiger charge is -2.11. The van der Waals surface area contributed by atoms with E-state index in [4.69, 9.17) is 14.2 Å². The smallest absolute Gasteiger partial charge is 0.338 e. The molecular formula is C17H17NO6S. The standard InChI is InChI=1S/C17H17NO6S/c1-22-13-5-6-15(23-2)12(8-13)10-24-17(19)11-4-7-16(25-3)14(9-11)18(20)21/h4-9H,10H2,1-3H3. The molecule has 0 spiro atoms. The van der Waals surface area contributed by atoms with Gasteiger partial charge in [-0.05, 0) is 36.6 Å². The first kappa shape index (κ1) is 18.6. The summed E-state index contributed by atoms with van der Waals surface area (Å²) in [5.41, 5.74) is 0.623. The number of esters is 1. The zero-order valence-electron chi connectivity index (χ0n) is 14.0. The zero-order valence-corrected chi connectivity index (χ0v) is 14.8. The summed E-state index contributed by atoms with van der Waals surface area (Å²) in [5.74, 6) is 0.504. The average molecular weight is 363 g/mol. The molecule has 0 aliphatic rings. The quantitative estimate of drug-likeness (QED) is 0.321. The fraction of sp³-hybridized carbons (Fsp3) is 0.235. The highest BCUT2D eigenvalue weighted by Gasteiger charge is 2.18. The van der Waals surface area contributed by atoms with E-state index >= 15 is 0 Å². The Bertz CT molecular complexity index is 793.